The number of carbonyl (C=O) groups is 1. The van der Waals surface area contributed by atoms with Gasteiger partial charge in [0.2, 0.25) is 5.78 Å². The Morgan fingerprint density at radius 2 is 2.07 bits per heavy atom. The highest BCUT2D eigenvalue weighted by Crippen LogP contribution is 2.42. The summed E-state index contributed by atoms with van der Waals surface area (Å²) in [6.45, 7) is 1.94. The highest BCUT2D eigenvalue weighted by molar-refractivity contribution is 7.09. The maximum Gasteiger partial charge on any atom is 0.231 e. The van der Waals surface area contributed by atoms with Crippen LogP contribution in [0.3, 0.4) is 0 Å². The number of ketones is 1. The van der Waals surface area contributed by atoms with E-state index in [-0.39, 0.29) is 11.5 Å². The minimum atomic E-state index is -0.163. The second-order valence-electron chi connectivity index (χ2n) is 6.86. The number of allylic oxidation sites excluding steroid dienone is 1. The number of hydrogen-bond acceptors (Lipinski definition) is 5. The largest absolute Gasteiger partial charge is 0.478 e. The summed E-state index contributed by atoms with van der Waals surface area (Å²) in [4.78, 5) is 16.3. The lowest BCUT2D eigenvalue weighted by Crippen LogP contribution is -2.31. The second kappa shape index (κ2) is 7.50. The molecule has 0 saturated carbocycles. The van der Waals surface area contributed by atoms with Crippen molar-refractivity contribution in [3.8, 4) is 11.5 Å². The number of halogens is 2. The summed E-state index contributed by atoms with van der Waals surface area (Å²) in [6.07, 6.45) is 1.65. The third kappa shape index (κ3) is 3.55. The van der Waals surface area contributed by atoms with E-state index >= 15 is 0 Å². The minimum Gasteiger partial charge on any atom is -0.478 e. The van der Waals surface area contributed by atoms with Gasteiger partial charge >= 0.3 is 0 Å². The van der Waals surface area contributed by atoms with Crippen LogP contribution in [0.25, 0.3) is 6.08 Å². The van der Waals surface area contributed by atoms with Gasteiger partial charge < -0.3 is 9.47 Å². The third-order valence-electron chi connectivity index (χ3n) is 4.89. The number of fused-ring (bicyclic) bond motifs is 3. The number of benzene rings is 2. The molecule has 0 bridgehead atoms. The number of hydrogen-bond donors (Lipinski definition) is 0. The van der Waals surface area contributed by atoms with Gasteiger partial charge in [-0.3, -0.25) is 9.69 Å². The average Bonchev–Trinajstić information content (AvgIpc) is 3.32. The molecule has 0 saturated heterocycles. The first-order valence-corrected chi connectivity index (χ1v) is 10.6. The first-order valence-electron chi connectivity index (χ1n) is 9.01. The maximum atomic E-state index is 12.9. The first-order chi connectivity index (χ1) is 14.1. The fourth-order valence-corrected chi connectivity index (χ4v) is 4.70. The van der Waals surface area contributed by atoms with Crippen LogP contribution in [0.5, 0.6) is 11.5 Å². The molecule has 1 aromatic heterocycles. The standard InChI is InChI=1S/C22H15Cl2NO3S/c23-14-4-3-13(18(24)9-14)8-20-21(26)16-5-6-19-17(22(16)28-20)11-25(12-27-19)10-15-2-1-7-29-15/h1-9H,10-12H2/b20-8-. The Kier molecular flexibility index (Phi) is 4.84. The van der Waals surface area contributed by atoms with Crippen LogP contribution in [0.1, 0.15) is 26.4 Å². The van der Waals surface area contributed by atoms with Crippen LogP contribution < -0.4 is 9.47 Å². The summed E-state index contributed by atoms with van der Waals surface area (Å²) >= 11 is 13.9. The smallest absolute Gasteiger partial charge is 0.231 e. The molecule has 2 aliphatic rings. The summed E-state index contributed by atoms with van der Waals surface area (Å²) in [5.41, 5.74) is 2.11. The molecule has 2 aliphatic heterocycles. The molecular weight excluding hydrogens is 429 g/mol. The Morgan fingerprint density at radius 1 is 1.17 bits per heavy atom. The van der Waals surface area contributed by atoms with Gasteiger partial charge in [0.1, 0.15) is 18.2 Å². The third-order valence-corrected chi connectivity index (χ3v) is 6.31. The van der Waals surface area contributed by atoms with Crippen molar-refractivity contribution in [2.45, 2.75) is 13.1 Å². The molecule has 0 aliphatic carbocycles. The van der Waals surface area contributed by atoms with Crippen LogP contribution in [0, 0.1) is 0 Å². The fraction of sp³-hybridized carbons (Fsp3) is 0.136. The summed E-state index contributed by atoms with van der Waals surface area (Å²) in [7, 11) is 0. The van der Waals surface area contributed by atoms with E-state index in [1.807, 2.05) is 12.1 Å². The van der Waals surface area contributed by atoms with Crippen molar-refractivity contribution in [3.63, 3.8) is 0 Å². The normalized spacial score (nSPS) is 17.0. The molecule has 0 N–H and O–H groups in total. The van der Waals surface area contributed by atoms with Crippen LogP contribution in [-0.4, -0.2) is 17.4 Å². The summed E-state index contributed by atoms with van der Waals surface area (Å²) in [6, 6.07) is 12.9. The Bertz CT molecular complexity index is 1140. The van der Waals surface area contributed by atoms with Crippen LogP contribution in [0.2, 0.25) is 10.0 Å². The lowest BCUT2D eigenvalue weighted by molar-refractivity contribution is 0.0882. The van der Waals surface area contributed by atoms with Crippen molar-refractivity contribution in [1.29, 1.82) is 0 Å². The first kappa shape index (κ1) is 18.7. The number of nitrogens with zero attached hydrogens (tertiary/aromatic N) is 1. The van der Waals surface area contributed by atoms with E-state index in [2.05, 4.69) is 16.3 Å². The maximum absolute atomic E-state index is 12.9. The van der Waals surface area contributed by atoms with Gasteiger partial charge in [0.15, 0.2) is 5.76 Å². The van der Waals surface area contributed by atoms with Crippen LogP contribution in [-0.2, 0) is 13.1 Å². The summed E-state index contributed by atoms with van der Waals surface area (Å²) in [5.74, 6) is 1.40. The quantitative estimate of drug-likeness (QED) is 0.463. The molecule has 5 rings (SSSR count). The van der Waals surface area contributed by atoms with Crippen molar-refractivity contribution in [2.24, 2.45) is 0 Å². The van der Waals surface area contributed by atoms with E-state index < -0.39 is 0 Å². The molecule has 0 atom stereocenters. The number of carbonyl (C=O) groups excluding carboxylic acids is 1. The van der Waals surface area contributed by atoms with Gasteiger partial charge in [-0.15, -0.1) is 11.3 Å². The Hall–Kier alpha value is -2.31. The second-order valence-corrected chi connectivity index (χ2v) is 8.74. The molecular formula is C22H15Cl2NO3S. The molecule has 3 heterocycles. The lowest BCUT2D eigenvalue weighted by Gasteiger charge is -2.29. The predicted octanol–water partition coefficient (Wildman–Crippen LogP) is 6.02. The van der Waals surface area contributed by atoms with Gasteiger partial charge in [0.05, 0.1) is 11.1 Å². The van der Waals surface area contributed by atoms with Crippen molar-refractivity contribution in [3.05, 3.63) is 85.2 Å². The van der Waals surface area contributed by atoms with Crippen LogP contribution in [0.4, 0.5) is 0 Å². The topological polar surface area (TPSA) is 38.8 Å². The van der Waals surface area contributed by atoms with Gasteiger partial charge in [-0.1, -0.05) is 35.3 Å². The summed E-state index contributed by atoms with van der Waals surface area (Å²) < 4.78 is 11.9. The fourth-order valence-electron chi connectivity index (χ4n) is 3.49. The molecule has 7 heteroatoms. The van der Waals surface area contributed by atoms with Gasteiger partial charge in [-0.2, -0.15) is 0 Å². The zero-order valence-electron chi connectivity index (χ0n) is 15.2. The van der Waals surface area contributed by atoms with E-state index in [0.717, 1.165) is 17.9 Å². The van der Waals surface area contributed by atoms with Crippen molar-refractivity contribution >= 4 is 46.4 Å². The van der Waals surface area contributed by atoms with Gasteiger partial charge in [-0.25, -0.2) is 0 Å². The van der Waals surface area contributed by atoms with Crippen molar-refractivity contribution in [1.82, 2.24) is 4.90 Å². The SMILES string of the molecule is O=C1/C(=C/c2ccc(Cl)cc2Cl)Oc2c1ccc1c2CN(Cc2cccs2)CO1. The summed E-state index contributed by atoms with van der Waals surface area (Å²) in [5, 5.41) is 3.06. The Morgan fingerprint density at radius 3 is 2.86 bits per heavy atom. The molecule has 4 nitrogen and oxygen atoms in total. The van der Waals surface area contributed by atoms with E-state index in [1.54, 1.807) is 41.7 Å². The zero-order chi connectivity index (χ0) is 20.0. The van der Waals surface area contributed by atoms with E-state index in [1.165, 1.54) is 4.88 Å². The molecule has 0 amide bonds. The van der Waals surface area contributed by atoms with Crippen molar-refractivity contribution in [2.75, 3.05) is 6.73 Å². The van der Waals surface area contributed by atoms with Gasteiger partial charge in [0, 0.05) is 28.0 Å². The minimum absolute atomic E-state index is 0.163. The molecule has 0 radical (unpaired) electrons. The molecule has 0 fully saturated rings. The number of thiophene rings is 1. The molecule has 29 heavy (non-hydrogen) atoms. The van der Waals surface area contributed by atoms with Crippen LogP contribution >= 0.6 is 34.5 Å². The average molecular weight is 444 g/mol. The van der Waals surface area contributed by atoms with E-state index in [9.17, 15) is 4.79 Å². The molecule has 3 aromatic rings. The highest BCUT2D eigenvalue weighted by atomic mass is 35.5. The van der Waals surface area contributed by atoms with Crippen molar-refractivity contribution < 1.29 is 14.3 Å². The van der Waals surface area contributed by atoms with E-state index in [0.29, 0.717) is 40.2 Å². The molecule has 0 spiro atoms. The molecule has 2 aromatic carbocycles. The van der Waals surface area contributed by atoms with E-state index in [4.69, 9.17) is 32.7 Å². The Labute approximate surface area is 181 Å². The zero-order valence-corrected chi connectivity index (χ0v) is 17.5. The molecule has 0 unspecified atom stereocenters. The predicted molar refractivity (Wildman–Crippen MR) is 115 cm³/mol. The number of ether oxygens (including phenoxy) is 2. The number of rotatable bonds is 3. The molecule has 146 valence electrons. The van der Waals surface area contributed by atoms with Crippen LogP contribution in [0.15, 0.2) is 53.6 Å². The lowest BCUT2D eigenvalue weighted by atomic mass is 10.0. The van der Waals surface area contributed by atoms with Gasteiger partial charge in [-0.05, 0) is 47.4 Å². The monoisotopic (exact) mass is 443 g/mol. The Balaban J connectivity index is 1.46. The van der Waals surface area contributed by atoms with Gasteiger partial charge in [0.25, 0.3) is 0 Å². The number of Topliss-reactive ketones (excluding diaryl/α,β-unsaturated/α-hetero) is 1. The highest BCUT2D eigenvalue weighted by Gasteiger charge is 2.33.